The Kier molecular flexibility index (Phi) is 4.41. The van der Waals surface area contributed by atoms with E-state index in [-0.39, 0.29) is 11.9 Å². The van der Waals surface area contributed by atoms with Gasteiger partial charge < -0.3 is 9.64 Å². The number of rotatable bonds is 3. The van der Waals surface area contributed by atoms with Gasteiger partial charge >= 0.3 is 0 Å². The molecule has 0 spiro atoms. The van der Waals surface area contributed by atoms with Gasteiger partial charge in [0.2, 0.25) is 0 Å². The maximum Gasteiger partial charge on any atom is 0.276 e. The molecule has 1 aromatic heterocycles. The van der Waals surface area contributed by atoms with Crippen LogP contribution in [0, 0.1) is 0 Å². The van der Waals surface area contributed by atoms with Gasteiger partial charge in [-0.3, -0.25) is 4.79 Å². The maximum atomic E-state index is 13.0. The lowest BCUT2D eigenvalue weighted by Crippen LogP contribution is -2.36. The van der Waals surface area contributed by atoms with Crippen LogP contribution in [0.2, 0.25) is 0 Å². The van der Waals surface area contributed by atoms with Gasteiger partial charge in [0.1, 0.15) is 0 Å². The summed E-state index contributed by atoms with van der Waals surface area (Å²) in [5, 5.41) is 8.27. The van der Waals surface area contributed by atoms with E-state index in [2.05, 4.69) is 40.6 Å². The third-order valence-electron chi connectivity index (χ3n) is 5.62. The van der Waals surface area contributed by atoms with Gasteiger partial charge in [0.15, 0.2) is 5.69 Å². The molecule has 2 aliphatic rings. The molecule has 1 amide bonds. The average molecular weight is 374 g/mol. The van der Waals surface area contributed by atoms with Crippen LogP contribution in [0.4, 0.5) is 0 Å². The van der Waals surface area contributed by atoms with Crippen LogP contribution in [-0.4, -0.2) is 45.6 Å². The van der Waals surface area contributed by atoms with E-state index in [0.717, 1.165) is 19.4 Å². The molecule has 3 aromatic rings. The van der Waals surface area contributed by atoms with Crippen molar-refractivity contribution >= 4 is 5.91 Å². The number of aromatic nitrogens is 3. The fraction of sp³-hybridized carbons (Fsp3) is 0.318. The van der Waals surface area contributed by atoms with Crippen LogP contribution in [0.15, 0.2) is 54.7 Å². The second-order valence-corrected chi connectivity index (χ2v) is 7.43. The first-order chi connectivity index (χ1) is 13.8. The number of amides is 1. The maximum absolute atomic E-state index is 13.0. The normalized spacial score (nSPS) is 18.9. The average Bonchev–Trinajstić information content (AvgIpc) is 3.45. The summed E-state index contributed by atoms with van der Waals surface area (Å²) in [6.45, 7) is 2.68. The molecule has 0 saturated carbocycles. The largest absolute Gasteiger partial charge is 0.379 e. The standard InChI is InChI=1S/C22H22N4O2/c27-22(21-14-26(24-23-21)20-9-11-28-15-20)25-10-8-17-6-7-18(12-19(17)13-25)16-4-2-1-3-5-16/h1-7,12,14,20H,8-11,13,15H2. The number of nitrogens with zero attached hydrogens (tertiary/aromatic N) is 4. The van der Waals surface area contributed by atoms with Crippen LogP contribution in [-0.2, 0) is 17.7 Å². The van der Waals surface area contributed by atoms with Crippen molar-refractivity contribution in [3.8, 4) is 11.1 Å². The molecule has 0 N–H and O–H groups in total. The molecule has 28 heavy (non-hydrogen) atoms. The van der Waals surface area contributed by atoms with Crippen molar-refractivity contribution in [1.29, 1.82) is 0 Å². The zero-order valence-corrected chi connectivity index (χ0v) is 15.6. The van der Waals surface area contributed by atoms with Crippen molar-refractivity contribution in [1.82, 2.24) is 19.9 Å². The predicted octanol–water partition coefficient (Wildman–Crippen LogP) is 3.11. The molecule has 0 radical (unpaired) electrons. The van der Waals surface area contributed by atoms with Gasteiger partial charge in [0, 0.05) is 19.7 Å². The molecule has 2 aromatic carbocycles. The molecular weight excluding hydrogens is 352 g/mol. The Morgan fingerprint density at radius 3 is 2.79 bits per heavy atom. The minimum atomic E-state index is -0.0547. The van der Waals surface area contributed by atoms with Gasteiger partial charge in [-0.05, 0) is 41.2 Å². The van der Waals surface area contributed by atoms with Crippen molar-refractivity contribution < 1.29 is 9.53 Å². The quantitative estimate of drug-likeness (QED) is 0.707. The molecule has 1 unspecified atom stereocenters. The van der Waals surface area contributed by atoms with Crippen LogP contribution in [0.3, 0.4) is 0 Å². The number of hydrogen-bond donors (Lipinski definition) is 0. The number of carbonyl (C=O) groups excluding carboxylic acids is 1. The lowest BCUT2D eigenvalue weighted by molar-refractivity contribution is 0.0728. The molecule has 2 aliphatic heterocycles. The fourth-order valence-corrected chi connectivity index (χ4v) is 3.99. The van der Waals surface area contributed by atoms with E-state index in [9.17, 15) is 4.79 Å². The summed E-state index contributed by atoms with van der Waals surface area (Å²) in [5.74, 6) is -0.0547. The zero-order chi connectivity index (χ0) is 18.9. The van der Waals surface area contributed by atoms with Crippen LogP contribution < -0.4 is 0 Å². The van der Waals surface area contributed by atoms with E-state index >= 15 is 0 Å². The van der Waals surface area contributed by atoms with Gasteiger partial charge in [-0.15, -0.1) is 5.10 Å². The number of hydrogen-bond acceptors (Lipinski definition) is 4. The van der Waals surface area contributed by atoms with Crippen molar-refractivity contribution in [2.75, 3.05) is 19.8 Å². The highest BCUT2D eigenvalue weighted by molar-refractivity contribution is 5.92. The molecular formula is C22H22N4O2. The van der Waals surface area contributed by atoms with Crippen LogP contribution in [0.5, 0.6) is 0 Å². The molecule has 3 heterocycles. The number of benzene rings is 2. The smallest absolute Gasteiger partial charge is 0.276 e. The Labute approximate surface area is 163 Å². The van der Waals surface area contributed by atoms with Gasteiger partial charge in [0.05, 0.1) is 18.8 Å². The summed E-state index contributed by atoms with van der Waals surface area (Å²) in [4.78, 5) is 14.8. The van der Waals surface area contributed by atoms with E-state index in [1.807, 2.05) is 23.1 Å². The second-order valence-electron chi connectivity index (χ2n) is 7.43. The minimum absolute atomic E-state index is 0.0547. The number of carbonyl (C=O) groups is 1. The van der Waals surface area contributed by atoms with Gasteiger partial charge in [-0.1, -0.05) is 47.7 Å². The Bertz CT molecular complexity index is 993. The minimum Gasteiger partial charge on any atom is -0.379 e. The van der Waals surface area contributed by atoms with Crippen molar-refractivity contribution in [3.63, 3.8) is 0 Å². The lowest BCUT2D eigenvalue weighted by Gasteiger charge is -2.28. The summed E-state index contributed by atoms with van der Waals surface area (Å²) in [6, 6.07) is 17.1. The van der Waals surface area contributed by atoms with E-state index < -0.39 is 0 Å². The molecule has 1 fully saturated rings. The molecule has 1 saturated heterocycles. The van der Waals surface area contributed by atoms with Crippen LogP contribution >= 0.6 is 0 Å². The predicted molar refractivity (Wildman–Crippen MR) is 105 cm³/mol. The van der Waals surface area contributed by atoms with Gasteiger partial charge in [-0.2, -0.15) is 0 Å². The molecule has 6 heteroatoms. The summed E-state index contributed by atoms with van der Waals surface area (Å²) in [7, 11) is 0. The van der Waals surface area contributed by atoms with Crippen LogP contribution in [0.1, 0.15) is 34.1 Å². The fourth-order valence-electron chi connectivity index (χ4n) is 3.99. The number of fused-ring (bicyclic) bond motifs is 1. The Morgan fingerprint density at radius 2 is 1.96 bits per heavy atom. The third-order valence-corrected chi connectivity index (χ3v) is 5.62. The first-order valence-electron chi connectivity index (χ1n) is 9.74. The SMILES string of the molecule is O=C(c1cn(C2CCOC2)nn1)N1CCc2ccc(-c3ccccc3)cc2C1. The van der Waals surface area contributed by atoms with Gasteiger partial charge in [0.25, 0.3) is 5.91 Å². The zero-order valence-electron chi connectivity index (χ0n) is 15.6. The molecule has 0 aliphatic carbocycles. The topological polar surface area (TPSA) is 60.3 Å². The monoisotopic (exact) mass is 374 g/mol. The van der Waals surface area contributed by atoms with E-state index in [1.165, 1.54) is 22.3 Å². The van der Waals surface area contributed by atoms with E-state index in [1.54, 1.807) is 10.9 Å². The highest BCUT2D eigenvalue weighted by atomic mass is 16.5. The highest BCUT2D eigenvalue weighted by Gasteiger charge is 2.26. The molecule has 142 valence electrons. The van der Waals surface area contributed by atoms with E-state index in [0.29, 0.717) is 25.4 Å². The Balaban J connectivity index is 1.35. The molecule has 6 nitrogen and oxygen atoms in total. The van der Waals surface area contributed by atoms with Crippen LogP contribution in [0.25, 0.3) is 11.1 Å². The Hall–Kier alpha value is -2.99. The highest BCUT2D eigenvalue weighted by Crippen LogP contribution is 2.27. The molecule has 1 atom stereocenters. The van der Waals surface area contributed by atoms with Crippen molar-refractivity contribution in [3.05, 3.63) is 71.5 Å². The first-order valence-corrected chi connectivity index (χ1v) is 9.74. The second kappa shape index (κ2) is 7.20. The summed E-state index contributed by atoms with van der Waals surface area (Å²) in [6.07, 6.45) is 3.54. The van der Waals surface area contributed by atoms with Gasteiger partial charge in [-0.25, -0.2) is 4.68 Å². The Morgan fingerprint density at radius 1 is 1.07 bits per heavy atom. The first kappa shape index (κ1) is 17.1. The van der Waals surface area contributed by atoms with Crippen molar-refractivity contribution in [2.24, 2.45) is 0 Å². The van der Waals surface area contributed by atoms with Crippen molar-refractivity contribution in [2.45, 2.75) is 25.4 Å². The summed E-state index contributed by atoms with van der Waals surface area (Å²) >= 11 is 0. The summed E-state index contributed by atoms with van der Waals surface area (Å²) in [5.41, 5.74) is 5.30. The summed E-state index contributed by atoms with van der Waals surface area (Å²) < 4.78 is 7.17. The molecule has 0 bridgehead atoms. The third kappa shape index (κ3) is 3.20. The van der Waals surface area contributed by atoms with E-state index in [4.69, 9.17) is 4.74 Å². The lowest BCUT2D eigenvalue weighted by atomic mass is 9.94. The molecule has 5 rings (SSSR count). The number of ether oxygens (including phenoxy) is 1.